The Hall–Kier alpha value is -2.58. The van der Waals surface area contributed by atoms with E-state index < -0.39 is 12.0 Å². The Balaban J connectivity index is 1.86. The molecule has 0 bridgehead atoms. The molecule has 1 aliphatic heterocycles. The third-order valence-corrected chi connectivity index (χ3v) is 5.55. The van der Waals surface area contributed by atoms with Crippen molar-refractivity contribution < 1.29 is 19.1 Å². The molecule has 27 heavy (non-hydrogen) atoms. The normalized spacial score (nSPS) is 13.0. The van der Waals surface area contributed by atoms with Crippen molar-refractivity contribution in [2.45, 2.75) is 19.9 Å². The molecule has 3 N–H and O–H groups in total. The van der Waals surface area contributed by atoms with E-state index in [2.05, 4.69) is 5.32 Å². The lowest BCUT2D eigenvalue weighted by Gasteiger charge is -2.26. The molecule has 0 unspecified atom stereocenters. The predicted octanol–water partition coefficient (Wildman–Crippen LogP) is 3.27. The molecule has 3 amide bonds. The first-order valence-corrected chi connectivity index (χ1v) is 9.53. The number of primary amides is 1. The van der Waals surface area contributed by atoms with E-state index in [4.69, 9.17) is 22.1 Å². The Morgan fingerprint density at radius 2 is 2.00 bits per heavy atom. The number of hydrogen-bond donors (Lipinski definition) is 2. The molecule has 0 atom stereocenters. The van der Waals surface area contributed by atoms with E-state index in [1.54, 1.807) is 36.1 Å². The highest BCUT2D eigenvalue weighted by molar-refractivity contribution is 7.17. The van der Waals surface area contributed by atoms with Gasteiger partial charge in [-0.1, -0.05) is 11.6 Å². The van der Waals surface area contributed by atoms with Crippen LogP contribution in [0.1, 0.15) is 38.1 Å². The summed E-state index contributed by atoms with van der Waals surface area (Å²) in [5, 5.41) is 3.67. The van der Waals surface area contributed by atoms with E-state index in [1.807, 2.05) is 0 Å². The molecule has 3 rings (SSSR count). The summed E-state index contributed by atoms with van der Waals surface area (Å²) in [5.74, 6) is -0.974. The smallest absolute Gasteiger partial charge is 0.410 e. The lowest BCUT2D eigenvalue weighted by atomic mass is 10.0. The van der Waals surface area contributed by atoms with Crippen LogP contribution in [0.2, 0.25) is 5.02 Å². The molecule has 1 aromatic heterocycles. The number of ether oxygens (including phenoxy) is 1. The number of rotatable bonds is 4. The Labute approximate surface area is 165 Å². The van der Waals surface area contributed by atoms with E-state index >= 15 is 0 Å². The third kappa shape index (κ3) is 4.06. The zero-order valence-electron chi connectivity index (χ0n) is 14.6. The van der Waals surface area contributed by atoms with Gasteiger partial charge in [0.1, 0.15) is 5.00 Å². The van der Waals surface area contributed by atoms with E-state index in [1.165, 1.54) is 11.3 Å². The summed E-state index contributed by atoms with van der Waals surface area (Å²) in [5.41, 5.74) is 7.05. The largest absolute Gasteiger partial charge is 0.450 e. The fourth-order valence-corrected chi connectivity index (χ4v) is 4.29. The van der Waals surface area contributed by atoms with Gasteiger partial charge in [-0.25, -0.2) is 4.79 Å². The van der Waals surface area contributed by atoms with Gasteiger partial charge in [0.05, 0.1) is 18.7 Å². The van der Waals surface area contributed by atoms with Gasteiger partial charge in [-0.2, -0.15) is 0 Å². The fraction of sp³-hybridized carbons (Fsp3) is 0.278. The summed E-state index contributed by atoms with van der Waals surface area (Å²) in [6.07, 6.45) is 0.0728. The van der Waals surface area contributed by atoms with Crippen LogP contribution in [-0.4, -0.2) is 36.0 Å². The molecule has 0 fully saturated rings. The molecule has 1 aromatic carbocycles. The van der Waals surface area contributed by atoms with E-state index in [9.17, 15) is 14.4 Å². The van der Waals surface area contributed by atoms with Crippen molar-refractivity contribution in [3.63, 3.8) is 0 Å². The third-order valence-electron chi connectivity index (χ3n) is 4.16. The summed E-state index contributed by atoms with van der Waals surface area (Å²) in [6, 6.07) is 6.42. The summed E-state index contributed by atoms with van der Waals surface area (Å²) in [4.78, 5) is 38.8. The topological polar surface area (TPSA) is 102 Å². The number of nitrogens with two attached hydrogens (primary N) is 1. The molecule has 0 spiro atoms. The number of hydrogen-bond acceptors (Lipinski definition) is 5. The van der Waals surface area contributed by atoms with Gasteiger partial charge in [0, 0.05) is 22.0 Å². The van der Waals surface area contributed by atoms with Gasteiger partial charge in [0.15, 0.2) is 0 Å². The average Bonchev–Trinajstić information content (AvgIpc) is 2.99. The van der Waals surface area contributed by atoms with Crippen LogP contribution < -0.4 is 11.1 Å². The van der Waals surface area contributed by atoms with E-state index in [0.717, 1.165) is 10.4 Å². The van der Waals surface area contributed by atoms with Gasteiger partial charge < -0.3 is 20.7 Å². The van der Waals surface area contributed by atoms with Crippen molar-refractivity contribution in [3.05, 3.63) is 50.9 Å². The van der Waals surface area contributed by atoms with E-state index in [0.29, 0.717) is 47.3 Å². The molecule has 1 aliphatic rings. The van der Waals surface area contributed by atoms with Gasteiger partial charge >= 0.3 is 6.09 Å². The van der Waals surface area contributed by atoms with Gasteiger partial charge in [0.25, 0.3) is 11.8 Å². The summed E-state index contributed by atoms with van der Waals surface area (Å²) >= 11 is 7.09. The number of anilines is 1. The molecule has 7 nitrogen and oxygen atoms in total. The quantitative estimate of drug-likeness (QED) is 0.811. The highest BCUT2D eigenvalue weighted by Crippen LogP contribution is 2.37. The molecule has 2 aromatic rings. The summed E-state index contributed by atoms with van der Waals surface area (Å²) < 4.78 is 5.03. The van der Waals surface area contributed by atoms with Crippen LogP contribution in [-0.2, 0) is 17.7 Å². The molecular formula is C18H18ClN3O4S. The maximum absolute atomic E-state index is 12.5. The molecule has 0 saturated heterocycles. The molecule has 2 heterocycles. The lowest BCUT2D eigenvalue weighted by Crippen LogP contribution is -2.36. The number of thiophene rings is 1. The Kier molecular flexibility index (Phi) is 5.67. The van der Waals surface area contributed by atoms with Crippen LogP contribution in [0.3, 0.4) is 0 Å². The second kappa shape index (κ2) is 7.98. The van der Waals surface area contributed by atoms with Gasteiger partial charge in [-0.15, -0.1) is 11.3 Å². The second-order valence-corrected chi connectivity index (χ2v) is 7.45. The number of benzene rings is 1. The van der Waals surface area contributed by atoms with Crippen LogP contribution in [0.25, 0.3) is 0 Å². The van der Waals surface area contributed by atoms with Crippen LogP contribution in [0, 0.1) is 0 Å². The highest BCUT2D eigenvalue weighted by Gasteiger charge is 2.30. The number of halogens is 1. The maximum Gasteiger partial charge on any atom is 0.410 e. The number of amides is 3. The van der Waals surface area contributed by atoms with Gasteiger partial charge in [-0.3, -0.25) is 9.59 Å². The Bertz CT molecular complexity index is 895. The van der Waals surface area contributed by atoms with Crippen molar-refractivity contribution in [2.24, 2.45) is 5.73 Å². The van der Waals surface area contributed by atoms with Crippen molar-refractivity contribution in [1.82, 2.24) is 4.90 Å². The van der Waals surface area contributed by atoms with Crippen LogP contribution in [0.5, 0.6) is 0 Å². The zero-order valence-corrected chi connectivity index (χ0v) is 16.2. The minimum absolute atomic E-state index is 0.293. The number of carbonyl (C=O) groups is 3. The molecule has 9 heteroatoms. The molecular weight excluding hydrogens is 390 g/mol. The van der Waals surface area contributed by atoms with Crippen molar-refractivity contribution in [2.75, 3.05) is 18.5 Å². The standard InChI is InChI=1S/C18H18ClN3O4S/c1-2-26-18(25)22-8-7-12-13(9-22)27-17(14(12)15(20)23)21-16(24)10-3-5-11(19)6-4-10/h3-6H,2,7-9H2,1H3,(H2,20,23)(H,21,24). The van der Waals surface area contributed by atoms with Crippen LogP contribution >= 0.6 is 22.9 Å². The zero-order chi connectivity index (χ0) is 19.6. The van der Waals surface area contributed by atoms with Crippen LogP contribution in [0.15, 0.2) is 24.3 Å². The first-order valence-electron chi connectivity index (χ1n) is 8.33. The second-order valence-electron chi connectivity index (χ2n) is 5.90. The SMILES string of the molecule is CCOC(=O)N1CCc2c(sc(NC(=O)c3ccc(Cl)cc3)c2C(N)=O)C1. The van der Waals surface area contributed by atoms with Crippen LogP contribution in [0.4, 0.5) is 9.80 Å². The van der Waals surface area contributed by atoms with Gasteiger partial charge in [-0.05, 0) is 43.2 Å². The minimum Gasteiger partial charge on any atom is -0.450 e. The predicted molar refractivity (Wildman–Crippen MR) is 103 cm³/mol. The fourth-order valence-electron chi connectivity index (χ4n) is 2.90. The van der Waals surface area contributed by atoms with Gasteiger partial charge in [0.2, 0.25) is 0 Å². The summed E-state index contributed by atoms with van der Waals surface area (Å²) in [6.45, 7) is 2.78. The molecule has 0 radical (unpaired) electrons. The Morgan fingerprint density at radius 3 is 2.63 bits per heavy atom. The number of nitrogens with zero attached hydrogens (tertiary/aromatic N) is 1. The highest BCUT2D eigenvalue weighted by atomic mass is 35.5. The number of carbonyl (C=O) groups excluding carboxylic acids is 3. The first-order chi connectivity index (χ1) is 12.9. The van der Waals surface area contributed by atoms with Crippen molar-refractivity contribution in [1.29, 1.82) is 0 Å². The molecule has 0 aliphatic carbocycles. The summed E-state index contributed by atoms with van der Waals surface area (Å²) in [7, 11) is 0. The molecule has 0 saturated carbocycles. The monoisotopic (exact) mass is 407 g/mol. The average molecular weight is 408 g/mol. The first kappa shape index (κ1) is 19.2. The lowest BCUT2D eigenvalue weighted by molar-refractivity contribution is 0.0997. The number of nitrogens with one attached hydrogen (secondary N) is 1. The minimum atomic E-state index is -0.608. The molecule has 142 valence electrons. The van der Waals surface area contributed by atoms with E-state index in [-0.39, 0.29) is 5.91 Å². The Morgan fingerprint density at radius 1 is 1.30 bits per heavy atom. The maximum atomic E-state index is 12.5. The van der Waals surface area contributed by atoms with Crippen molar-refractivity contribution >= 4 is 45.8 Å². The number of fused-ring (bicyclic) bond motifs is 1. The van der Waals surface area contributed by atoms with Crippen molar-refractivity contribution in [3.8, 4) is 0 Å².